The number of imidazole rings is 1. The van der Waals surface area contributed by atoms with E-state index in [4.69, 9.17) is 5.73 Å². The third-order valence-electron chi connectivity index (χ3n) is 2.88. The number of aryl methyl sites for hydroxylation is 1. The zero-order valence-corrected chi connectivity index (χ0v) is 9.85. The molecule has 86 valence electrons. The van der Waals surface area contributed by atoms with Gasteiger partial charge in [-0.2, -0.15) is 0 Å². The molecule has 0 aliphatic carbocycles. The van der Waals surface area contributed by atoms with Crippen molar-refractivity contribution in [2.75, 3.05) is 6.54 Å². The maximum atomic E-state index is 5.66. The minimum Gasteiger partial charge on any atom is -0.330 e. The van der Waals surface area contributed by atoms with Gasteiger partial charge in [0.25, 0.3) is 0 Å². The zero-order chi connectivity index (χ0) is 11.5. The van der Waals surface area contributed by atoms with Gasteiger partial charge in [0, 0.05) is 19.2 Å². The smallest absolute Gasteiger partial charge is 0.110 e. The summed E-state index contributed by atoms with van der Waals surface area (Å²) in [6.45, 7) is 5.92. The number of hydrogen-bond donors (Lipinski definition) is 1. The Labute approximate surface area is 95.5 Å². The second-order valence-corrected chi connectivity index (χ2v) is 4.18. The Bertz CT molecular complexity index is 475. The molecule has 16 heavy (non-hydrogen) atoms. The van der Waals surface area contributed by atoms with Crippen LogP contribution in [-0.4, -0.2) is 21.1 Å². The monoisotopic (exact) mass is 218 g/mol. The number of rotatable bonds is 4. The molecule has 0 aliphatic rings. The summed E-state index contributed by atoms with van der Waals surface area (Å²) in [5.74, 6) is 1.58. The molecule has 2 aromatic rings. The lowest BCUT2D eigenvalue weighted by Crippen LogP contribution is -2.15. The fourth-order valence-corrected chi connectivity index (χ4v) is 1.94. The van der Waals surface area contributed by atoms with E-state index in [1.54, 1.807) is 0 Å². The SMILES string of the molecule is CCn1c(CC(C)CN)nc2cnccc21. The van der Waals surface area contributed by atoms with Crippen molar-refractivity contribution in [2.24, 2.45) is 11.7 Å². The van der Waals surface area contributed by atoms with Crippen LogP contribution >= 0.6 is 0 Å². The van der Waals surface area contributed by atoms with Gasteiger partial charge in [0.1, 0.15) is 11.3 Å². The summed E-state index contributed by atoms with van der Waals surface area (Å²) in [6.07, 6.45) is 4.56. The highest BCUT2D eigenvalue weighted by Crippen LogP contribution is 2.17. The van der Waals surface area contributed by atoms with E-state index in [0.717, 1.165) is 29.8 Å². The second-order valence-electron chi connectivity index (χ2n) is 4.18. The van der Waals surface area contributed by atoms with Gasteiger partial charge < -0.3 is 10.3 Å². The van der Waals surface area contributed by atoms with Crippen molar-refractivity contribution in [2.45, 2.75) is 26.8 Å². The predicted octanol–water partition coefficient (Wildman–Crippen LogP) is 1.59. The number of nitrogens with zero attached hydrogens (tertiary/aromatic N) is 3. The summed E-state index contributed by atoms with van der Waals surface area (Å²) in [7, 11) is 0. The van der Waals surface area contributed by atoms with E-state index < -0.39 is 0 Å². The van der Waals surface area contributed by atoms with Crippen LogP contribution in [0.5, 0.6) is 0 Å². The predicted molar refractivity (Wildman–Crippen MR) is 65.1 cm³/mol. The van der Waals surface area contributed by atoms with Crippen molar-refractivity contribution in [1.29, 1.82) is 0 Å². The van der Waals surface area contributed by atoms with Crippen LogP contribution in [0.4, 0.5) is 0 Å². The summed E-state index contributed by atoms with van der Waals surface area (Å²) in [4.78, 5) is 8.72. The normalized spacial score (nSPS) is 13.2. The van der Waals surface area contributed by atoms with Gasteiger partial charge in [-0.05, 0) is 25.5 Å². The average Bonchev–Trinajstić information content (AvgIpc) is 2.65. The third kappa shape index (κ3) is 1.93. The fourth-order valence-electron chi connectivity index (χ4n) is 1.94. The largest absolute Gasteiger partial charge is 0.330 e. The number of fused-ring (bicyclic) bond motifs is 1. The quantitative estimate of drug-likeness (QED) is 0.847. The van der Waals surface area contributed by atoms with Crippen molar-refractivity contribution in [3.63, 3.8) is 0 Å². The summed E-state index contributed by atoms with van der Waals surface area (Å²) >= 11 is 0. The van der Waals surface area contributed by atoms with E-state index in [1.165, 1.54) is 0 Å². The summed E-state index contributed by atoms with van der Waals surface area (Å²) in [6, 6.07) is 2.02. The summed E-state index contributed by atoms with van der Waals surface area (Å²) in [5, 5.41) is 0. The Balaban J connectivity index is 2.44. The first-order chi connectivity index (χ1) is 7.76. The lowest BCUT2D eigenvalue weighted by molar-refractivity contribution is 0.553. The molecular weight excluding hydrogens is 200 g/mol. The first kappa shape index (κ1) is 11.1. The molecule has 0 saturated carbocycles. The molecule has 2 N–H and O–H groups in total. The molecule has 0 radical (unpaired) electrons. The Hall–Kier alpha value is -1.42. The number of nitrogens with two attached hydrogens (primary N) is 1. The molecule has 2 aromatic heterocycles. The van der Waals surface area contributed by atoms with Crippen molar-refractivity contribution in [3.05, 3.63) is 24.3 Å². The van der Waals surface area contributed by atoms with Crippen molar-refractivity contribution in [1.82, 2.24) is 14.5 Å². The van der Waals surface area contributed by atoms with Gasteiger partial charge in [-0.25, -0.2) is 4.98 Å². The lowest BCUT2D eigenvalue weighted by atomic mass is 10.1. The van der Waals surface area contributed by atoms with Gasteiger partial charge in [0.05, 0.1) is 11.7 Å². The van der Waals surface area contributed by atoms with Gasteiger partial charge in [-0.3, -0.25) is 4.98 Å². The standard InChI is InChI=1S/C12H18N4/c1-3-16-11-4-5-14-8-10(11)15-12(16)6-9(2)7-13/h4-5,8-9H,3,6-7,13H2,1-2H3. The van der Waals surface area contributed by atoms with Crippen LogP contribution in [0.25, 0.3) is 11.0 Å². The molecule has 0 bridgehead atoms. The Morgan fingerprint density at radius 3 is 3.00 bits per heavy atom. The molecule has 0 aliphatic heterocycles. The highest BCUT2D eigenvalue weighted by atomic mass is 15.1. The van der Waals surface area contributed by atoms with E-state index in [2.05, 4.69) is 28.4 Å². The molecule has 2 heterocycles. The Morgan fingerprint density at radius 2 is 2.31 bits per heavy atom. The molecule has 0 fully saturated rings. The van der Waals surface area contributed by atoms with Crippen LogP contribution < -0.4 is 5.73 Å². The van der Waals surface area contributed by atoms with Crippen molar-refractivity contribution >= 4 is 11.0 Å². The molecule has 2 rings (SSSR count). The minimum atomic E-state index is 0.468. The molecule has 0 spiro atoms. The highest BCUT2D eigenvalue weighted by molar-refractivity contribution is 5.74. The van der Waals surface area contributed by atoms with Crippen LogP contribution in [0.15, 0.2) is 18.5 Å². The fraction of sp³-hybridized carbons (Fsp3) is 0.500. The van der Waals surface area contributed by atoms with Crippen LogP contribution in [0.3, 0.4) is 0 Å². The maximum Gasteiger partial charge on any atom is 0.110 e. The molecule has 0 amide bonds. The van der Waals surface area contributed by atoms with E-state index in [-0.39, 0.29) is 0 Å². The molecule has 1 unspecified atom stereocenters. The number of hydrogen-bond acceptors (Lipinski definition) is 3. The molecule has 4 nitrogen and oxygen atoms in total. The minimum absolute atomic E-state index is 0.468. The van der Waals surface area contributed by atoms with Crippen LogP contribution in [-0.2, 0) is 13.0 Å². The first-order valence-electron chi connectivity index (χ1n) is 5.75. The highest BCUT2D eigenvalue weighted by Gasteiger charge is 2.11. The average molecular weight is 218 g/mol. The topological polar surface area (TPSA) is 56.7 Å². The number of aromatic nitrogens is 3. The van der Waals surface area contributed by atoms with Gasteiger partial charge >= 0.3 is 0 Å². The zero-order valence-electron chi connectivity index (χ0n) is 9.85. The van der Waals surface area contributed by atoms with E-state index in [9.17, 15) is 0 Å². The van der Waals surface area contributed by atoms with E-state index in [1.807, 2.05) is 18.5 Å². The van der Waals surface area contributed by atoms with Gasteiger partial charge in [-0.1, -0.05) is 6.92 Å². The lowest BCUT2D eigenvalue weighted by Gasteiger charge is -2.09. The van der Waals surface area contributed by atoms with Gasteiger partial charge in [0.15, 0.2) is 0 Å². The molecule has 4 heteroatoms. The molecular formula is C12H18N4. The molecule has 0 aromatic carbocycles. The summed E-state index contributed by atoms with van der Waals surface area (Å²) < 4.78 is 2.24. The van der Waals surface area contributed by atoms with Crippen LogP contribution in [0.2, 0.25) is 0 Å². The van der Waals surface area contributed by atoms with E-state index >= 15 is 0 Å². The Morgan fingerprint density at radius 1 is 1.50 bits per heavy atom. The second kappa shape index (κ2) is 4.61. The third-order valence-corrected chi connectivity index (χ3v) is 2.88. The summed E-state index contributed by atoms with van der Waals surface area (Å²) in [5.41, 5.74) is 7.80. The first-order valence-corrected chi connectivity index (χ1v) is 5.75. The van der Waals surface area contributed by atoms with Crippen LogP contribution in [0.1, 0.15) is 19.7 Å². The van der Waals surface area contributed by atoms with Crippen molar-refractivity contribution in [3.8, 4) is 0 Å². The maximum absolute atomic E-state index is 5.66. The number of pyridine rings is 1. The van der Waals surface area contributed by atoms with Crippen LogP contribution in [0, 0.1) is 5.92 Å². The molecule has 0 saturated heterocycles. The van der Waals surface area contributed by atoms with Gasteiger partial charge in [-0.15, -0.1) is 0 Å². The van der Waals surface area contributed by atoms with E-state index in [0.29, 0.717) is 12.5 Å². The Kier molecular flexibility index (Phi) is 3.19. The molecule has 1 atom stereocenters. The van der Waals surface area contributed by atoms with Gasteiger partial charge in [0.2, 0.25) is 0 Å². The van der Waals surface area contributed by atoms with Crippen molar-refractivity contribution < 1.29 is 0 Å².